The van der Waals surface area contributed by atoms with Crippen molar-refractivity contribution in [2.45, 2.75) is 13.8 Å². The highest BCUT2D eigenvalue weighted by molar-refractivity contribution is 5.93. The summed E-state index contributed by atoms with van der Waals surface area (Å²) in [7, 11) is 0. The van der Waals surface area contributed by atoms with Crippen LogP contribution < -0.4 is 10.2 Å². The third-order valence-electron chi connectivity index (χ3n) is 6.04. The average molecular weight is 440 g/mol. The lowest BCUT2D eigenvalue weighted by atomic mass is 10.2. The second-order valence-corrected chi connectivity index (χ2v) is 8.04. The van der Waals surface area contributed by atoms with E-state index in [0.717, 1.165) is 35.9 Å². The van der Waals surface area contributed by atoms with Crippen molar-refractivity contribution in [3.63, 3.8) is 0 Å². The Morgan fingerprint density at radius 1 is 1.06 bits per heavy atom. The number of anilines is 2. The van der Waals surface area contributed by atoms with Gasteiger partial charge in [0.1, 0.15) is 17.7 Å². The van der Waals surface area contributed by atoms with E-state index in [1.807, 2.05) is 48.7 Å². The Bertz CT molecular complexity index is 1240. The van der Waals surface area contributed by atoms with E-state index >= 15 is 0 Å². The van der Waals surface area contributed by atoms with Crippen LogP contribution in [0.1, 0.15) is 22.4 Å². The van der Waals surface area contributed by atoms with Crippen LogP contribution in [0.5, 0.6) is 0 Å². The quantitative estimate of drug-likeness (QED) is 0.656. The third kappa shape index (κ3) is 4.57. The van der Waals surface area contributed by atoms with Crippen LogP contribution in [0.4, 0.5) is 11.6 Å². The van der Waals surface area contributed by atoms with Crippen LogP contribution in [0.25, 0.3) is 5.69 Å². The first-order valence-corrected chi connectivity index (χ1v) is 10.8. The maximum Gasteiger partial charge on any atom is 0.239 e. The molecule has 1 N–H and O–H groups in total. The lowest BCUT2D eigenvalue weighted by Crippen LogP contribution is -2.49. The molecule has 1 aliphatic rings. The second kappa shape index (κ2) is 9.56. The van der Waals surface area contributed by atoms with E-state index in [1.54, 1.807) is 18.3 Å². The van der Waals surface area contributed by atoms with Crippen molar-refractivity contribution in [2.24, 2.45) is 0 Å². The number of nitriles is 2. The number of aromatic nitrogens is 2. The van der Waals surface area contributed by atoms with Crippen LogP contribution in [0.2, 0.25) is 0 Å². The highest BCUT2D eigenvalue weighted by atomic mass is 16.2. The highest BCUT2D eigenvalue weighted by Gasteiger charge is 2.23. The van der Waals surface area contributed by atoms with Gasteiger partial charge in [-0.3, -0.25) is 14.3 Å². The first-order valence-electron chi connectivity index (χ1n) is 10.8. The van der Waals surface area contributed by atoms with Gasteiger partial charge in [0, 0.05) is 43.8 Å². The molecule has 0 aliphatic carbocycles. The Morgan fingerprint density at radius 3 is 2.45 bits per heavy atom. The van der Waals surface area contributed by atoms with Gasteiger partial charge in [0.15, 0.2) is 0 Å². The number of carbonyl (C=O) groups excluding carboxylic acids is 1. The number of rotatable bonds is 5. The van der Waals surface area contributed by atoms with Crippen LogP contribution in [-0.4, -0.2) is 53.1 Å². The molecule has 8 heteroatoms. The SMILES string of the molecule is Cc1c(C#N)c(NC(=O)CN2CCN(c3cc(C#N)ccn3)CC2)n(-c2ccccc2)c1C. The first-order chi connectivity index (χ1) is 16.0. The summed E-state index contributed by atoms with van der Waals surface area (Å²) in [5, 5.41) is 21.8. The minimum atomic E-state index is -0.153. The van der Waals surface area contributed by atoms with Gasteiger partial charge in [0.05, 0.1) is 23.7 Å². The molecule has 33 heavy (non-hydrogen) atoms. The Kier molecular flexibility index (Phi) is 6.39. The zero-order valence-electron chi connectivity index (χ0n) is 18.7. The number of amides is 1. The molecule has 1 amide bonds. The molecular formula is C25H25N7O. The predicted molar refractivity (Wildman–Crippen MR) is 126 cm³/mol. The molecule has 1 saturated heterocycles. The van der Waals surface area contributed by atoms with E-state index in [-0.39, 0.29) is 12.5 Å². The van der Waals surface area contributed by atoms with Crippen molar-refractivity contribution >= 4 is 17.5 Å². The molecule has 0 spiro atoms. The van der Waals surface area contributed by atoms with Crippen LogP contribution >= 0.6 is 0 Å². The van der Waals surface area contributed by atoms with Crippen LogP contribution in [-0.2, 0) is 4.79 Å². The fraction of sp³-hybridized carbons (Fsp3) is 0.280. The second-order valence-electron chi connectivity index (χ2n) is 8.04. The Hall–Kier alpha value is -4.14. The van der Waals surface area contributed by atoms with E-state index in [1.165, 1.54) is 0 Å². The molecule has 1 aromatic carbocycles. The molecule has 0 radical (unpaired) electrons. The molecule has 166 valence electrons. The zero-order chi connectivity index (χ0) is 23.4. The zero-order valence-corrected chi connectivity index (χ0v) is 18.7. The molecule has 0 bridgehead atoms. The smallest absolute Gasteiger partial charge is 0.239 e. The fourth-order valence-corrected chi connectivity index (χ4v) is 4.13. The molecule has 8 nitrogen and oxygen atoms in total. The molecule has 3 aromatic rings. The number of hydrogen-bond acceptors (Lipinski definition) is 6. The van der Waals surface area contributed by atoms with Crippen molar-refractivity contribution in [1.29, 1.82) is 10.5 Å². The van der Waals surface area contributed by atoms with Gasteiger partial charge in [-0.05, 0) is 43.7 Å². The Morgan fingerprint density at radius 2 is 1.79 bits per heavy atom. The maximum absolute atomic E-state index is 13.0. The van der Waals surface area contributed by atoms with Crippen LogP contribution in [0.15, 0.2) is 48.7 Å². The molecule has 4 rings (SSSR count). The molecule has 2 aromatic heterocycles. The molecular weight excluding hydrogens is 414 g/mol. The maximum atomic E-state index is 13.0. The number of nitrogens with one attached hydrogen (secondary N) is 1. The number of carbonyl (C=O) groups is 1. The van der Waals surface area contributed by atoms with Crippen LogP contribution in [0.3, 0.4) is 0 Å². The average Bonchev–Trinajstić information content (AvgIpc) is 3.08. The Labute approximate surface area is 193 Å². The molecule has 1 aliphatic heterocycles. The highest BCUT2D eigenvalue weighted by Crippen LogP contribution is 2.30. The summed E-state index contributed by atoms with van der Waals surface area (Å²) in [6, 6.07) is 17.6. The number of benzene rings is 1. The standard InChI is InChI=1S/C25H25N7O/c1-18-19(2)32(21-6-4-3-5-7-21)25(22(18)16-27)29-24(33)17-30-10-12-31(13-11-30)23-14-20(15-26)8-9-28-23/h3-9,14H,10-13,17H2,1-2H3,(H,29,33). The van der Waals surface area contributed by atoms with E-state index in [9.17, 15) is 10.1 Å². The van der Waals surface area contributed by atoms with E-state index in [2.05, 4.69) is 32.2 Å². The monoisotopic (exact) mass is 439 g/mol. The van der Waals surface area contributed by atoms with Crippen molar-refractivity contribution in [1.82, 2.24) is 14.5 Å². The molecule has 0 atom stereocenters. The normalized spacial score (nSPS) is 13.9. The number of hydrogen-bond donors (Lipinski definition) is 1. The van der Waals surface area contributed by atoms with Gasteiger partial charge in [-0.15, -0.1) is 0 Å². The van der Waals surface area contributed by atoms with Gasteiger partial charge in [0.25, 0.3) is 0 Å². The lowest BCUT2D eigenvalue weighted by Gasteiger charge is -2.35. The van der Waals surface area contributed by atoms with Gasteiger partial charge >= 0.3 is 0 Å². The van der Waals surface area contributed by atoms with Crippen molar-refractivity contribution in [3.8, 4) is 17.8 Å². The topological polar surface area (TPSA) is 101 Å². The number of piperazine rings is 1. The minimum Gasteiger partial charge on any atom is -0.354 e. The fourth-order valence-electron chi connectivity index (χ4n) is 4.13. The molecule has 0 saturated carbocycles. The van der Waals surface area contributed by atoms with Crippen molar-refractivity contribution < 1.29 is 4.79 Å². The third-order valence-corrected chi connectivity index (χ3v) is 6.04. The van der Waals surface area contributed by atoms with Gasteiger partial charge in [-0.25, -0.2) is 4.98 Å². The number of para-hydroxylation sites is 1. The van der Waals surface area contributed by atoms with Crippen LogP contribution in [0, 0.1) is 36.5 Å². The Balaban J connectivity index is 1.44. The predicted octanol–water partition coefficient (Wildman–Crippen LogP) is 2.99. The number of nitrogens with zero attached hydrogens (tertiary/aromatic N) is 6. The number of pyridine rings is 1. The molecule has 0 unspecified atom stereocenters. The molecule has 1 fully saturated rings. The summed E-state index contributed by atoms with van der Waals surface area (Å²) in [6.45, 7) is 6.94. The van der Waals surface area contributed by atoms with E-state index in [0.29, 0.717) is 30.0 Å². The molecule has 3 heterocycles. The minimum absolute atomic E-state index is 0.153. The first kappa shape index (κ1) is 22.1. The summed E-state index contributed by atoms with van der Waals surface area (Å²) < 4.78 is 1.93. The van der Waals surface area contributed by atoms with Gasteiger partial charge < -0.3 is 10.2 Å². The largest absolute Gasteiger partial charge is 0.354 e. The van der Waals surface area contributed by atoms with Crippen molar-refractivity contribution in [2.75, 3.05) is 42.9 Å². The van der Waals surface area contributed by atoms with E-state index in [4.69, 9.17) is 5.26 Å². The summed E-state index contributed by atoms with van der Waals surface area (Å²) in [4.78, 5) is 21.5. The van der Waals surface area contributed by atoms with E-state index < -0.39 is 0 Å². The van der Waals surface area contributed by atoms with Crippen molar-refractivity contribution in [3.05, 3.63) is 71.0 Å². The lowest BCUT2D eigenvalue weighted by molar-refractivity contribution is -0.117. The van der Waals surface area contributed by atoms with Gasteiger partial charge in [-0.1, -0.05) is 18.2 Å². The van der Waals surface area contributed by atoms with Gasteiger partial charge in [-0.2, -0.15) is 10.5 Å². The summed E-state index contributed by atoms with van der Waals surface area (Å²) in [6.07, 6.45) is 1.65. The summed E-state index contributed by atoms with van der Waals surface area (Å²) >= 11 is 0. The van der Waals surface area contributed by atoms with Gasteiger partial charge in [0.2, 0.25) is 5.91 Å². The summed E-state index contributed by atoms with van der Waals surface area (Å²) in [5.74, 6) is 1.14. The summed E-state index contributed by atoms with van der Waals surface area (Å²) in [5.41, 5.74) is 3.75.